The lowest BCUT2D eigenvalue weighted by Gasteiger charge is -2.63. The Morgan fingerprint density at radius 3 is 1.92 bits per heavy atom. The maximum atomic E-state index is 15.3. The van der Waals surface area contributed by atoms with Gasteiger partial charge < -0.3 is 39.2 Å². The molecule has 2 saturated carbocycles. The molecular formula is C46H49NO14. The number of Topliss-reactive ketones (excluding diaryl/α,β-unsaturated/α-hetero) is 2. The van der Waals surface area contributed by atoms with Crippen molar-refractivity contribution >= 4 is 41.4 Å². The van der Waals surface area contributed by atoms with Gasteiger partial charge in [0, 0.05) is 25.8 Å². The van der Waals surface area contributed by atoms with E-state index >= 15 is 9.59 Å². The van der Waals surface area contributed by atoms with Gasteiger partial charge in [0.15, 0.2) is 35.5 Å². The van der Waals surface area contributed by atoms with Gasteiger partial charge >= 0.3 is 23.9 Å². The van der Waals surface area contributed by atoms with Crippen molar-refractivity contribution < 1.29 is 67.5 Å². The lowest BCUT2D eigenvalue weighted by atomic mass is 9.49. The van der Waals surface area contributed by atoms with Crippen LogP contribution in [0, 0.1) is 16.7 Å². The molecule has 0 spiro atoms. The van der Waals surface area contributed by atoms with Crippen LogP contribution in [0.3, 0.4) is 0 Å². The molecule has 3 aromatic carbocycles. The van der Waals surface area contributed by atoms with Crippen LogP contribution in [-0.4, -0.2) is 101 Å². The van der Waals surface area contributed by atoms with Gasteiger partial charge in [-0.2, -0.15) is 0 Å². The molecule has 15 heteroatoms. The first-order valence-corrected chi connectivity index (χ1v) is 19.8. The normalized spacial score (nSPS) is 28.4. The van der Waals surface area contributed by atoms with Crippen LogP contribution in [0.1, 0.15) is 80.3 Å². The number of ether oxygens (including phenoxy) is 5. The number of benzene rings is 3. The molecular weight excluding hydrogens is 790 g/mol. The van der Waals surface area contributed by atoms with E-state index in [1.165, 1.54) is 39.8 Å². The summed E-state index contributed by atoms with van der Waals surface area (Å²) in [6.45, 7) is 6.82. The zero-order valence-corrected chi connectivity index (χ0v) is 34.6. The Bertz CT molecular complexity index is 2220. The summed E-state index contributed by atoms with van der Waals surface area (Å²) in [5.74, 6) is -7.71. The Morgan fingerprint density at radius 2 is 1.38 bits per heavy atom. The first-order valence-electron chi connectivity index (χ1n) is 19.8. The smallest absolute Gasteiger partial charge is 0.338 e. The number of rotatable bonds is 11. The first-order chi connectivity index (χ1) is 28.8. The zero-order chi connectivity index (χ0) is 44.4. The Hall–Kier alpha value is -6.03. The van der Waals surface area contributed by atoms with Crippen LogP contribution < -0.4 is 5.32 Å². The van der Waals surface area contributed by atoms with Crippen LogP contribution in [-0.2, 0) is 47.7 Å². The Balaban J connectivity index is 1.43. The molecule has 3 N–H and O–H groups in total. The minimum Gasteiger partial charge on any atom is -0.459 e. The van der Waals surface area contributed by atoms with Crippen molar-refractivity contribution in [2.24, 2.45) is 16.7 Å². The van der Waals surface area contributed by atoms with E-state index < -0.39 is 107 Å². The summed E-state index contributed by atoms with van der Waals surface area (Å²) in [6, 6.07) is 22.9. The monoisotopic (exact) mass is 839 g/mol. The van der Waals surface area contributed by atoms with Gasteiger partial charge in [-0.25, -0.2) is 9.59 Å². The summed E-state index contributed by atoms with van der Waals surface area (Å²) < 4.78 is 29.1. The van der Waals surface area contributed by atoms with Crippen LogP contribution in [0.15, 0.2) is 102 Å². The second kappa shape index (κ2) is 17.5. The minimum atomic E-state index is -2.11. The first kappa shape index (κ1) is 44.5. The molecule has 0 bridgehead atoms. The highest BCUT2D eigenvalue weighted by Gasteiger charge is 2.75. The molecule has 1 aliphatic heterocycles. The molecule has 1 saturated heterocycles. The Kier molecular flexibility index (Phi) is 12.8. The maximum absolute atomic E-state index is 15.3. The third kappa shape index (κ3) is 8.37. The van der Waals surface area contributed by atoms with Gasteiger partial charge in [-0.05, 0) is 68.7 Å². The average Bonchev–Trinajstić information content (AvgIpc) is 3.23. The molecule has 3 aliphatic rings. The van der Waals surface area contributed by atoms with Crippen molar-refractivity contribution in [1.29, 1.82) is 0 Å². The summed E-state index contributed by atoms with van der Waals surface area (Å²) in [4.78, 5) is 97.1. The predicted molar refractivity (Wildman–Crippen MR) is 214 cm³/mol. The van der Waals surface area contributed by atoms with Crippen molar-refractivity contribution in [3.8, 4) is 0 Å². The van der Waals surface area contributed by atoms with E-state index in [2.05, 4.69) is 5.32 Å². The van der Waals surface area contributed by atoms with Crippen molar-refractivity contribution in [2.75, 3.05) is 13.2 Å². The molecule has 0 radical (unpaired) electrons. The van der Waals surface area contributed by atoms with Gasteiger partial charge in [-0.3, -0.25) is 24.0 Å². The van der Waals surface area contributed by atoms with E-state index in [1.807, 2.05) is 0 Å². The average molecular weight is 840 g/mol. The number of aliphatic hydroxyl groups excluding tert-OH is 2. The van der Waals surface area contributed by atoms with Crippen molar-refractivity contribution in [2.45, 2.75) is 90.1 Å². The highest BCUT2D eigenvalue weighted by Crippen LogP contribution is 2.59. The lowest BCUT2D eigenvalue weighted by Crippen LogP contribution is -2.79. The molecule has 0 aromatic heterocycles. The number of carbonyl (C=O) groups excluding carboxylic acids is 7. The Morgan fingerprint density at radius 1 is 0.803 bits per heavy atom. The number of esters is 4. The molecule has 2 aliphatic carbocycles. The third-order valence-corrected chi connectivity index (χ3v) is 12.0. The summed E-state index contributed by atoms with van der Waals surface area (Å²) in [5.41, 5.74) is -5.10. The SMILES string of the molecule is CC(=O)O[C@H]1C(=O)[C@@]2(C)[C@H]([C@H](OC(=O)c3ccccc3)C(=O)C(C)(C)/C1=C(/C)COC(=O)[C@H](O)[C@@H](NC(=O)c1ccccc1)c1ccccc1)[C@]1(OC(C)=O)CO[C@@H]1C[C@@H]2O. The number of fused-ring (bicyclic) bond motifs is 3. The predicted octanol–water partition coefficient (Wildman–Crippen LogP) is 3.80. The van der Waals surface area contributed by atoms with E-state index in [0.717, 1.165) is 13.8 Å². The number of hydrogen-bond acceptors (Lipinski definition) is 14. The number of ketones is 2. The van der Waals surface area contributed by atoms with E-state index in [9.17, 15) is 34.2 Å². The number of hydrogen-bond donors (Lipinski definition) is 3. The fraction of sp³-hybridized carbons (Fsp3) is 0.413. The molecule has 0 unspecified atom stereocenters. The molecule has 1 heterocycles. The fourth-order valence-electron chi connectivity index (χ4n) is 8.99. The van der Waals surface area contributed by atoms with Crippen LogP contribution in [0.25, 0.3) is 0 Å². The number of nitrogens with one attached hydrogen (secondary N) is 1. The second-order valence-corrected chi connectivity index (χ2v) is 16.4. The summed E-state index contributed by atoms with van der Waals surface area (Å²) >= 11 is 0. The van der Waals surface area contributed by atoms with Gasteiger partial charge in [-0.15, -0.1) is 0 Å². The summed E-state index contributed by atoms with van der Waals surface area (Å²) in [5, 5.41) is 26.0. The number of carbonyl (C=O) groups is 7. The van der Waals surface area contributed by atoms with Gasteiger partial charge in [0.05, 0.1) is 41.1 Å². The van der Waals surface area contributed by atoms with Gasteiger partial charge in [0.2, 0.25) is 0 Å². The molecule has 6 rings (SSSR count). The maximum Gasteiger partial charge on any atom is 0.338 e. The van der Waals surface area contributed by atoms with E-state index in [4.69, 9.17) is 23.7 Å². The lowest BCUT2D eigenvalue weighted by molar-refractivity contribution is -0.328. The quantitative estimate of drug-likeness (QED) is 0.142. The van der Waals surface area contributed by atoms with Crippen LogP contribution in [0.4, 0.5) is 0 Å². The van der Waals surface area contributed by atoms with E-state index in [0.29, 0.717) is 5.56 Å². The zero-order valence-electron chi connectivity index (χ0n) is 34.6. The van der Waals surface area contributed by atoms with Gasteiger partial charge in [0.1, 0.15) is 12.7 Å². The highest BCUT2D eigenvalue weighted by atomic mass is 16.6. The van der Waals surface area contributed by atoms with E-state index in [-0.39, 0.29) is 35.3 Å². The van der Waals surface area contributed by atoms with Gasteiger partial charge in [0.25, 0.3) is 5.91 Å². The topological polar surface area (TPSA) is 218 Å². The van der Waals surface area contributed by atoms with E-state index in [1.54, 1.807) is 78.9 Å². The number of aliphatic hydroxyl groups is 2. The molecule has 15 nitrogen and oxygen atoms in total. The molecule has 61 heavy (non-hydrogen) atoms. The molecule has 1 amide bonds. The summed E-state index contributed by atoms with van der Waals surface area (Å²) in [7, 11) is 0. The van der Waals surface area contributed by atoms with Crippen molar-refractivity contribution in [3.63, 3.8) is 0 Å². The summed E-state index contributed by atoms with van der Waals surface area (Å²) in [6.07, 6.45) is -8.58. The second-order valence-electron chi connectivity index (χ2n) is 16.4. The number of amides is 1. The van der Waals surface area contributed by atoms with Crippen LogP contribution in [0.2, 0.25) is 0 Å². The molecule has 9 atom stereocenters. The van der Waals surface area contributed by atoms with Crippen molar-refractivity contribution in [3.05, 3.63) is 119 Å². The minimum absolute atomic E-state index is 0.0446. The van der Waals surface area contributed by atoms with Crippen LogP contribution in [0.5, 0.6) is 0 Å². The van der Waals surface area contributed by atoms with Crippen LogP contribution >= 0.6 is 0 Å². The Labute approximate surface area is 352 Å². The third-order valence-electron chi connectivity index (χ3n) is 12.0. The highest BCUT2D eigenvalue weighted by molar-refractivity contribution is 6.03. The fourth-order valence-corrected chi connectivity index (χ4v) is 8.99. The molecule has 3 fully saturated rings. The van der Waals surface area contributed by atoms with Crippen molar-refractivity contribution in [1.82, 2.24) is 5.32 Å². The van der Waals surface area contributed by atoms with Gasteiger partial charge in [-0.1, -0.05) is 66.7 Å². The standard InChI is InChI=1S/C46H49NO14/c1-25(23-57-43(56)35(51)34(28-16-10-7-11-17-28)47-41(54)29-18-12-8-13-19-29)33-36(59-26(2)48)40(53)45(6)31(50)22-32-46(24-58-32,61-27(3)49)38(45)37(39(52)44(33,4)5)60-42(55)30-20-14-9-15-21-30/h7-21,31-32,34-38,50-51H,22-24H2,1-6H3,(H,47,54)/b33-25-/t31-,32+,34-,35+,36+,37-,38-,45+,46-/m0/s1. The molecule has 322 valence electrons. The largest absolute Gasteiger partial charge is 0.459 e. The molecule has 3 aromatic rings.